The zero-order valence-corrected chi connectivity index (χ0v) is 29.0. The molecule has 1 N–H and O–H groups in total. The number of aryl methyl sites for hydroxylation is 1. The van der Waals surface area contributed by atoms with Crippen LogP contribution in [0.25, 0.3) is 0 Å². The summed E-state index contributed by atoms with van der Waals surface area (Å²) < 4.78 is 34.4. The third kappa shape index (κ3) is 8.65. The molecular weight excluding hydrogens is 589 g/mol. The first kappa shape index (κ1) is 34.0. The van der Waals surface area contributed by atoms with E-state index in [2.05, 4.69) is 91.1 Å². The number of carbonyl (C=O) groups excluding carboxylic acids is 1. The van der Waals surface area contributed by atoms with Crippen molar-refractivity contribution >= 4 is 36.1 Å². The minimum absolute atomic E-state index is 0.0619. The molecule has 1 heterocycles. The van der Waals surface area contributed by atoms with Crippen molar-refractivity contribution in [1.82, 2.24) is 9.71 Å². The predicted octanol–water partition coefficient (Wildman–Crippen LogP) is 6.84. The molecule has 44 heavy (non-hydrogen) atoms. The number of hydrogen-bond acceptors (Lipinski definition) is 6. The number of carbonyl (C=O) groups is 1. The van der Waals surface area contributed by atoms with Crippen LogP contribution < -0.4 is 19.8 Å². The zero-order chi connectivity index (χ0) is 32.0. The van der Waals surface area contributed by atoms with Gasteiger partial charge in [-0.05, 0) is 80.8 Å². The molecule has 0 radical (unpaired) electrons. The molecule has 1 aliphatic carbocycles. The highest BCUT2D eigenvalue weighted by atomic mass is 32.2. The second kappa shape index (κ2) is 14.5. The van der Waals surface area contributed by atoms with Crippen molar-refractivity contribution in [1.29, 1.82) is 0 Å². The molecule has 3 aromatic rings. The summed E-state index contributed by atoms with van der Waals surface area (Å²) in [5, 5.41) is 2.51. The smallest absolute Gasteiger partial charge is 0.449 e. The highest BCUT2D eigenvalue weighted by Crippen LogP contribution is 2.38. The van der Waals surface area contributed by atoms with Crippen LogP contribution in [0.2, 0.25) is 5.04 Å². The van der Waals surface area contributed by atoms with Crippen LogP contribution in [-0.4, -0.2) is 42.3 Å². The second-order valence-corrected chi connectivity index (χ2v) is 19.2. The lowest BCUT2D eigenvalue weighted by molar-refractivity contribution is 0.0570. The Bertz CT molecular complexity index is 1320. The Hall–Kier alpha value is -2.85. The molecule has 0 saturated heterocycles. The molecule has 0 bridgehead atoms. The van der Waals surface area contributed by atoms with Gasteiger partial charge in [-0.3, -0.25) is 0 Å². The molecule has 2 aromatic carbocycles. The summed E-state index contributed by atoms with van der Waals surface area (Å²) in [6.45, 7) is 14.7. The minimum atomic E-state index is -2.59. The van der Waals surface area contributed by atoms with Crippen molar-refractivity contribution in [3.05, 3.63) is 78.5 Å². The third-order valence-corrected chi connectivity index (χ3v) is 14.1. The van der Waals surface area contributed by atoms with Crippen LogP contribution in [0.15, 0.2) is 77.7 Å². The van der Waals surface area contributed by atoms with E-state index < -0.39 is 31.4 Å². The third-order valence-electron chi connectivity index (χ3n) is 8.01. The summed E-state index contributed by atoms with van der Waals surface area (Å²) in [7, 11) is -2.59. The quantitative estimate of drug-likeness (QED) is 0.194. The van der Waals surface area contributed by atoms with Gasteiger partial charge in [0.1, 0.15) is 23.1 Å². The number of hydrogen-bond donors (Lipinski definition) is 1. The Balaban J connectivity index is 1.45. The molecule has 3 atom stereocenters. The lowest BCUT2D eigenvalue weighted by atomic mass is 9.85. The van der Waals surface area contributed by atoms with E-state index in [1.807, 2.05) is 6.92 Å². The number of rotatable bonds is 10. The topological polar surface area (TPSA) is 92.7 Å². The van der Waals surface area contributed by atoms with Gasteiger partial charge >= 0.3 is 6.09 Å². The largest absolute Gasteiger partial charge is 0.588 e. The number of ether oxygens (including phenoxy) is 2. The Morgan fingerprint density at radius 1 is 0.955 bits per heavy atom. The van der Waals surface area contributed by atoms with Gasteiger partial charge in [0.05, 0.1) is 0 Å². The summed E-state index contributed by atoms with van der Waals surface area (Å²) in [6, 6.07) is 24.9. The molecule has 1 fully saturated rings. The molecule has 0 unspecified atom stereocenters. The summed E-state index contributed by atoms with van der Waals surface area (Å²) in [5.41, 5.74) is 0.0565. The molecule has 9 heteroatoms. The van der Waals surface area contributed by atoms with Crippen LogP contribution >= 0.6 is 0 Å². The molecule has 0 aliphatic heterocycles. The molecule has 4 rings (SSSR count). The van der Waals surface area contributed by atoms with Gasteiger partial charge in [0.2, 0.25) is 4.90 Å². The summed E-state index contributed by atoms with van der Waals surface area (Å²) in [5.74, 6) is 0.735. The fraction of sp³-hybridized carbons (Fsp3) is 0.486. The van der Waals surface area contributed by atoms with Gasteiger partial charge in [0, 0.05) is 18.4 Å². The maximum atomic E-state index is 13.1. The van der Waals surface area contributed by atoms with E-state index in [4.69, 9.17) is 13.9 Å². The highest BCUT2D eigenvalue weighted by molar-refractivity contribution is 7.90. The van der Waals surface area contributed by atoms with E-state index in [0.717, 1.165) is 37.8 Å². The Morgan fingerprint density at radius 2 is 1.57 bits per heavy atom. The number of benzene rings is 2. The monoisotopic (exact) mass is 636 g/mol. The van der Waals surface area contributed by atoms with Crippen LogP contribution in [0.5, 0.6) is 5.88 Å². The van der Waals surface area contributed by atoms with Crippen LogP contribution in [0, 0.1) is 12.8 Å². The summed E-state index contributed by atoms with van der Waals surface area (Å²) in [6.07, 6.45) is 4.04. The van der Waals surface area contributed by atoms with Gasteiger partial charge in [0.15, 0.2) is 0 Å². The zero-order valence-electron chi connectivity index (χ0n) is 27.2. The number of aromatic nitrogens is 1. The highest BCUT2D eigenvalue weighted by Gasteiger charge is 2.50. The van der Waals surface area contributed by atoms with Crippen LogP contribution in [-0.2, 0) is 20.5 Å². The average Bonchev–Trinajstić information content (AvgIpc) is 2.95. The van der Waals surface area contributed by atoms with E-state index >= 15 is 0 Å². The average molecular weight is 637 g/mol. The molecule has 1 amide bonds. The fourth-order valence-electron chi connectivity index (χ4n) is 6.08. The number of amides is 1. The first-order chi connectivity index (χ1) is 20.8. The van der Waals surface area contributed by atoms with E-state index in [-0.39, 0.29) is 11.1 Å². The van der Waals surface area contributed by atoms with Crippen molar-refractivity contribution in [3.8, 4) is 5.88 Å². The van der Waals surface area contributed by atoms with Gasteiger partial charge in [0.25, 0.3) is 14.2 Å². The molecule has 238 valence electrons. The number of pyridine rings is 1. The van der Waals surface area contributed by atoms with Crippen molar-refractivity contribution in [2.75, 3.05) is 6.61 Å². The summed E-state index contributed by atoms with van der Waals surface area (Å²) >= 11 is -1.87. The normalized spacial score (nSPS) is 18.4. The van der Waals surface area contributed by atoms with Gasteiger partial charge < -0.3 is 18.5 Å². The van der Waals surface area contributed by atoms with E-state index in [1.54, 1.807) is 32.9 Å². The Labute approximate surface area is 267 Å². The lowest BCUT2D eigenvalue weighted by Crippen LogP contribution is -2.66. The summed E-state index contributed by atoms with van der Waals surface area (Å²) in [4.78, 5) is 17.2. The Morgan fingerprint density at radius 3 is 2.14 bits per heavy atom. The second-order valence-electron chi connectivity index (χ2n) is 13.7. The molecule has 1 aromatic heterocycles. The van der Waals surface area contributed by atoms with E-state index in [9.17, 15) is 9.35 Å². The molecular formula is C35H48N2O5SSi. The van der Waals surface area contributed by atoms with E-state index in [0.29, 0.717) is 23.3 Å². The molecule has 0 spiro atoms. The van der Waals surface area contributed by atoms with Gasteiger partial charge in [-0.25, -0.2) is 9.78 Å². The van der Waals surface area contributed by atoms with Crippen molar-refractivity contribution in [2.24, 2.45) is 5.92 Å². The standard InChI is InChI=1S/C35H48N2O5SSi/c1-26-21-22-31(43(39)37-33(38)42-34(2,3)4)32(36-26)41-28-16-14-15-27(25-28)23-24-40-44(35(5,6)7,29-17-10-8-11-18-29)30-19-12-9-13-20-30/h8-13,17-22,27-28H,14-16,23-25H2,1-7H3,(H,37,38)/t27-,28-,43-/m1/s1. The SMILES string of the molecule is Cc1ccc([S@@+]([O-])NC(=O)OC(C)(C)C)c(O[C@@H]2CCC[C@H](CCO[Si](c3ccccc3)(c3ccccc3)C(C)(C)C)C2)n1. The van der Waals surface area contributed by atoms with Gasteiger partial charge in [-0.2, -0.15) is 0 Å². The Kier molecular flexibility index (Phi) is 11.2. The molecule has 7 nitrogen and oxygen atoms in total. The maximum Gasteiger partial charge on any atom is 0.449 e. The lowest BCUT2D eigenvalue weighted by Gasteiger charge is -2.43. The first-order valence-corrected chi connectivity index (χ1v) is 18.6. The van der Waals surface area contributed by atoms with Crippen molar-refractivity contribution < 1.29 is 23.2 Å². The number of nitrogens with one attached hydrogen (secondary N) is 1. The van der Waals surface area contributed by atoms with Gasteiger partial charge in [-0.15, -0.1) is 4.72 Å². The van der Waals surface area contributed by atoms with Crippen LogP contribution in [0.3, 0.4) is 0 Å². The predicted molar refractivity (Wildman–Crippen MR) is 179 cm³/mol. The number of nitrogens with zero attached hydrogens (tertiary/aromatic N) is 1. The minimum Gasteiger partial charge on any atom is -0.588 e. The van der Waals surface area contributed by atoms with Gasteiger partial charge in [-0.1, -0.05) is 87.9 Å². The first-order valence-electron chi connectivity index (χ1n) is 15.6. The van der Waals surface area contributed by atoms with Crippen molar-refractivity contribution in [3.63, 3.8) is 0 Å². The van der Waals surface area contributed by atoms with Crippen LogP contribution in [0.4, 0.5) is 4.79 Å². The fourth-order valence-corrected chi connectivity index (χ4v) is 11.4. The van der Waals surface area contributed by atoms with Crippen molar-refractivity contribution in [2.45, 2.75) is 102 Å². The maximum absolute atomic E-state index is 13.1. The molecule has 1 aliphatic rings. The molecule has 1 saturated carbocycles. The van der Waals surface area contributed by atoms with Crippen LogP contribution in [0.1, 0.15) is 79.3 Å². The van der Waals surface area contributed by atoms with E-state index in [1.165, 1.54) is 10.4 Å².